The zero-order valence-electron chi connectivity index (χ0n) is 11.2. The summed E-state index contributed by atoms with van der Waals surface area (Å²) >= 11 is 7.54. The minimum absolute atomic E-state index is 0.742. The number of hydrogen-bond donors (Lipinski definition) is 0. The molecule has 0 fully saturated rings. The predicted molar refractivity (Wildman–Crippen MR) is 77.2 cm³/mol. The van der Waals surface area contributed by atoms with Crippen molar-refractivity contribution in [1.82, 2.24) is 25.1 Å². The van der Waals surface area contributed by atoms with Crippen LogP contribution in [-0.2, 0) is 19.6 Å². The zero-order valence-corrected chi connectivity index (χ0v) is 12.8. The van der Waals surface area contributed by atoms with E-state index in [2.05, 4.69) is 40.5 Å². The molecule has 0 atom stereocenters. The number of halogens is 1. The molecule has 19 heavy (non-hydrogen) atoms. The Morgan fingerprint density at radius 3 is 2.89 bits per heavy atom. The Bertz CT molecular complexity index is 510. The van der Waals surface area contributed by atoms with Crippen LogP contribution in [0.4, 0.5) is 0 Å². The fourth-order valence-corrected chi connectivity index (χ4v) is 2.99. The normalized spacial score (nSPS) is 11.4. The average molecular weight is 300 g/mol. The Kier molecular flexibility index (Phi) is 5.30. The van der Waals surface area contributed by atoms with E-state index in [0.29, 0.717) is 0 Å². The standard InChI is InChI=1S/C12H18ClN5S/c1-3-4-7-18-12(14-15-16-18)9-17(2)8-10-5-6-11(13)19-10/h5-6H,3-4,7-9H2,1-2H3. The van der Waals surface area contributed by atoms with Gasteiger partial charge in [0.1, 0.15) is 0 Å². The molecule has 0 N–H and O–H groups in total. The molecule has 2 rings (SSSR count). The van der Waals surface area contributed by atoms with Crippen LogP contribution in [-0.4, -0.2) is 32.2 Å². The van der Waals surface area contributed by atoms with Gasteiger partial charge in [0.05, 0.1) is 10.9 Å². The van der Waals surface area contributed by atoms with Crippen molar-refractivity contribution in [2.24, 2.45) is 0 Å². The van der Waals surface area contributed by atoms with Crippen molar-refractivity contribution >= 4 is 22.9 Å². The highest BCUT2D eigenvalue weighted by Crippen LogP contribution is 2.22. The van der Waals surface area contributed by atoms with Crippen LogP contribution in [0.25, 0.3) is 0 Å². The maximum absolute atomic E-state index is 5.93. The third kappa shape index (κ3) is 4.26. The molecule has 0 saturated carbocycles. The molecule has 104 valence electrons. The second-order valence-corrected chi connectivity index (χ2v) is 6.35. The summed E-state index contributed by atoms with van der Waals surface area (Å²) in [7, 11) is 2.06. The molecular formula is C12H18ClN5S. The summed E-state index contributed by atoms with van der Waals surface area (Å²) in [5, 5.41) is 11.9. The summed E-state index contributed by atoms with van der Waals surface area (Å²) in [5.41, 5.74) is 0. The average Bonchev–Trinajstić information content (AvgIpc) is 2.96. The third-order valence-corrected chi connectivity index (χ3v) is 4.01. The van der Waals surface area contributed by atoms with Crippen LogP contribution in [0, 0.1) is 0 Å². The first-order valence-electron chi connectivity index (χ1n) is 6.37. The van der Waals surface area contributed by atoms with E-state index in [4.69, 9.17) is 11.6 Å². The molecule has 7 heteroatoms. The van der Waals surface area contributed by atoms with E-state index >= 15 is 0 Å². The first-order valence-corrected chi connectivity index (χ1v) is 7.56. The lowest BCUT2D eigenvalue weighted by Crippen LogP contribution is -2.20. The van der Waals surface area contributed by atoms with Crippen LogP contribution < -0.4 is 0 Å². The molecule has 0 aliphatic rings. The highest BCUT2D eigenvalue weighted by Gasteiger charge is 2.10. The van der Waals surface area contributed by atoms with Crippen LogP contribution in [0.5, 0.6) is 0 Å². The molecule has 0 radical (unpaired) electrons. The van der Waals surface area contributed by atoms with Gasteiger partial charge in [-0.1, -0.05) is 24.9 Å². The summed E-state index contributed by atoms with van der Waals surface area (Å²) in [4.78, 5) is 3.44. The van der Waals surface area contributed by atoms with Crippen molar-refractivity contribution < 1.29 is 0 Å². The summed E-state index contributed by atoms with van der Waals surface area (Å²) in [6, 6.07) is 3.99. The van der Waals surface area contributed by atoms with Crippen LogP contribution in [0.15, 0.2) is 12.1 Å². The molecule has 2 heterocycles. The number of unbranched alkanes of at least 4 members (excludes halogenated alkanes) is 1. The summed E-state index contributed by atoms with van der Waals surface area (Å²) < 4.78 is 2.72. The number of thiophene rings is 1. The van der Waals surface area contributed by atoms with E-state index in [1.165, 1.54) is 4.88 Å². The lowest BCUT2D eigenvalue weighted by Gasteiger charge is -2.14. The quantitative estimate of drug-likeness (QED) is 0.789. The van der Waals surface area contributed by atoms with Gasteiger partial charge in [-0.15, -0.1) is 16.4 Å². The molecule has 0 aromatic carbocycles. The van der Waals surface area contributed by atoms with Crippen LogP contribution in [0.3, 0.4) is 0 Å². The lowest BCUT2D eigenvalue weighted by atomic mass is 10.3. The summed E-state index contributed by atoms with van der Waals surface area (Å²) in [6.07, 6.45) is 2.24. The third-order valence-electron chi connectivity index (χ3n) is 2.80. The second-order valence-electron chi connectivity index (χ2n) is 4.55. The van der Waals surface area contributed by atoms with E-state index in [1.54, 1.807) is 11.3 Å². The van der Waals surface area contributed by atoms with Gasteiger partial charge in [-0.2, -0.15) is 0 Å². The molecule has 0 unspecified atom stereocenters. The Labute approximate surface area is 122 Å². The lowest BCUT2D eigenvalue weighted by molar-refractivity contribution is 0.304. The minimum Gasteiger partial charge on any atom is -0.294 e. The van der Waals surface area contributed by atoms with Crippen molar-refractivity contribution in [1.29, 1.82) is 0 Å². The summed E-state index contributed by atoms with van der Waals surface area (Å²) in [5.74, 6) is 0.915. The van der Waals surface area contributed by atoms with Gasteiger partial charge in [0, 0.05) is 18.0 Å². The number of aromatic nitrogens is 4. The number of hydrogen-bond acceptors (Lipinski definition) is 5. The van der Waals surface area contributed by atoms with Gasteiger partial charge >= 0.3 is 0 Å². The number of tetrazole rings is 1. The van der Waals surface area contributed by atoms with Crippen LogP contribution >= 0.6 is 22.9 Å². The monoisotopic (exact) mass is 299 g/mol. The van der Waals surface area contributed by atoms with Gasteiger partial charge in [-0.25, -0.2) is 4.68 Å². The molecule has 0 amide bonds. The highest BCUT2D eigenvalue weighted by molar-refractivity contribution is 7.16. The van der Waals surface area contributed by atoms with E-state index in [9.17, 15) is 0 Å². The highest BCUT2D eigenvalue weighted by atomic mass is 35.5. The second kappa shape index (κ2) is 6.98. The van der Waals surface area contributed by atoms with Crippen LogP contribution in [0.2, 0.25) is 4.34 Å². The largest absolute Gasteiger partial charge is 0.294 e. The predicted octanol–water partition coefficient (Wildman–Crippen LogP) is 2.82. The molecule has 2 aromatic heterocycles. The summed E-state index contributed by atoms with van der Waals surface area (Å²) in [6.45, 7) is 4.65. The van der Waals surface area contributed by atoms with Crippen molar-refractivity contribution in [2.75, 3.05) is 7.05 Å². The fraction of sp³-hybridized carbons (Fsp3) is 0.583. The van der Waals surface area contributed by atoms with E-state index in [-0.39, 0.29) is 0 Å². The van der Waals surface area contributed by atoms with Gasteiger partial charge < -0.3 is 0 Å². The van der Waals surface area contributed by atoms with Gasteiger partial charge in [0.25, 0.3) is 0 Å². The SMILES string of the molecule is CCCCn1nnnc1CN(C)Cc1ccc(Cl)s1. The molecule has 0 aliphatic carbocycles. The van der Waals surface area contributed by atoms with Crippen molar-refractivity contribution in [2.45, 2.75) is 39.4 Å². The van der Waals surface area contributed by atoms with Gasteiger partial charge in [0.2, 0.25) is 0 Å². The molecule has 0 spiro atoms. The number of nitrogens with zero attached hydrogens (tertiary/aromatic N) is 5. The van der Waals surface area contributed by atoms with Crippen molar-refractivity contribution in [3.63, 3.8) is 0 Å². The number of aryl methyl sites for hydroxylation is 1. The van der Waals surface area contributed by atoms with Gasteiger partial charge in [0.15, 0.2) is 5.82 Å². The molecule has 5 nitrogen and oxygen atoms in total. The Balaban J connectivity index is 1.91. The Morgan fingerprint density at radius 1 is 1.37 bits per heavy atom. The first kappa shape index (κ1) is 14.4. The maximum Gasteiger partial charge on any atom is 0.165 e. The van der Waals surface area contributed by atoms with Crippen molar-refractivity contribution in [3.05, 3.63) is 27.2 Å². The molecular weight excluding hydrogens is 282 g/mol. The molecule has 0 bridgehead atoms. The zero-order chi connectivity index (χ0) is 13.7. The molecule has 0 aliphatic heterocycles. The maximum atomic E-state index is 5.93. The van der Waals surface area contributed by atoms with Gasteiger partial charge in [-0.3, -0.25) is 4.90 Å². The van der Waals surface area contributed by atoms with Gasteiger partial charge in [-0.05, 0) is 36.0 Å². The van der Waals surface area contributed by atoms with E-state index < -0.39 is 0 Å². The van der Waals surface area contributed by atoms with E-state index in [0.717, 1.165) is 42.6 Å². The Morgan fingerprint density at radius 2 is 2.21 bits per heavy atom. The smallest absolute Gasteiger partial charge is 0.165 e. The topological polar surface area (TPSA) is 46.8 Å². The van der Waals surface area contributed by atoms with Crippen LogP contribution in [0.1, 0.15) is 30.5 Å². The number of rotatable bonds is 7. The fourth-order valence-electron chi connectivity index (χ4n) is 1.82. The molecule has 0 saturated heterocycles. The first-order chi connectivity index (χ1) is 9.19. The van der Waals surface area contributed by atoms with E-state index in [1.807, 2.05) is 10.7 Å². The minimum atomic E-state index is 0.742. The van der Waals surface area contributed by atoms with Crippen molar-refractivity contribution in [3.8, 4) is 0 Å². The molecule has 2 aromatic rings. The Hall–Kier alpha value is -0.980.